The molecule has 4 heteroatoms. The Labute approximate surface area is 109 Å². The number of hydrogen-bond donors (Lipinski definition) is 2. The lowest BCUT2D eigenvalue weighted by Crippen LogP contribution is -2.25. The summed E-state index contributed by atoms with van der Waals surface area (Å²) in [5.74, 6) is -0.0306. The molecule has 1 rings (SSSR count). The summed E-state index contributed by atoms with van der Waals surface area (Å²) >= 11 is 0. The zero-order chi connectivity index (χ0) is 13.4. The van der Waals surface area contributed by atoms with Crippen molar-refractivity contribution < 1.29 is 9.53 Å². The van der Waals surface area contributed by atoms with Crippen molar-refractivity contribution in [3.05, 3.63) is 34.9 Å². The summed E-state index contributed by atoms with van der Waals surface area (Å²) in [6, 6.07) is 5.73. The highest BCUT2D eigenvalue weighted by Crippen LogP contribution is 2.09. The first-order valence-corrected chi connectivity index (χ1v) is 6.28. The average molecular weight is 250 g/mol. The minimum Gasteiger partial charge on any atom is -0.380 e. The predicted octanol–water partition coefficient (Wildman–Crippen LogP) is 1.40. The van der Waals surface area contributed by atoms with E-state index < -0.39 is 0 Å². The lowest BCUT2D eigenvalue weighted by molar-refractivity contribution is 0.0943. The summed E-state index contributed by atoms with van der Waals surface area (Å²) in [4.78, 5) is 11.8. The van der Waals surface area contributed by atoms with E-state index in [0.717, 1.165) is 12.0 Å². The molecule has 1 aromatic rings. The van der Waals surface area contributed by atoms with Crippen LogP contribution in [0.2, 0.25) is 0 Å². The number of rotatable bonds is 7. The van der Waals surface area contributed by atoms with Gasteiger partial charge < -0.3 is 15.8 Å². The van der Waals surface area contributed by atoms with Crippen molar-refractivity contribution in [2.45, 2.75) is 20.3 Å². The van der Waals surface area contributed by atoms with Crippen molar-refractivity contribution in [2.75, 3.05) is 26.3 Å². The van der Waals surface area contributed by atoms with Crippen LogP contribution in [0.3, 0.4) is 0 Å². The van der Waals surface area contributed by atoms with Crippen LogP contribution in [-0.2, 0) is 4.74 Å². The van der Waals surface area contributed by atoms with Gasteiger partial charge in [0.2, 0.25) is 0 Å². The first-order chi connectivity index (χ1) is 8.65. The molecule has 0 heterocycles. The van der Waals surface area contributed by atoms with E-state index in [1.807, 2.05) is 32.0 Å². The number of hydrogen-bond acceptors (Lipinski definition) is 3. The zero-order valence-corrected chi connectivity index (χ0v) is 11.2. The van der Waals surface area contributed by atoms with Crippen LogP contribution < -0.4 is 11.1 Å². The van der Waals surface area contributed by atoms with Crippen LogP contribution in [0.1, 0.15) is 27.9 Å². The van der Waals surface area contributed by atoms with Gasteiger partial charge in [0.25, 0.3) is 5.91 Å². The number of carbonyl (C=O) groups is 1. The molecule has 0 unspecified atom stereocenters. The Balaban J connectivity index is 2.30. The molecule has 0 saturated heterocycles. The van der Waals surface area contributed by atoms with E-state index in [-0.39, 0.29) is 5.91 Å². The third kappa shape index (κ3) is 4.85. The van der Waals surface area contributed by atoms with Gasteiger partial charge in [0.1, 0.15) is 0 Å². The summed E-state index contributed by atoms with van der Waals surface area (Å²) in [5, 5.41) is 2.87. The second kappa shape index (κ2) is 7.84. The quantitative estimate of drug-likeness (QED) is 0.719. The lowest BCUT2D eigenvalue weighted by Gasteiger charge is -2.07. The Morgan fingerprint density at radius 2 is 2.06 bits per heavy atom. The summed E-state index contributed by atoms with van der Waals surface area (Å²) in [5.41, 5.74) is 8.34. The third-order valence-corrected chi connectivity index (χ3v) is 2.78. The second-order valence-electron chi connectivity index (χ2n) is 4.31. The number of amides is 1. The van der Waals surface area contributed by atoms with E-state index in [1.165, 1.54) is 5.56 Å². The van der Waals surface area contributed by atoms with E-state index in [4.69, 9.17) is 10.5 Å². The van der Waals surface area contributed by atoms with Gasteiger partial charge in [-0.25, -0.2) is 0 Å². The molecule has 0 saturated carbocycles. The molecule has 1 aromatic carbocycles. The van der Waals surface area contributed by atoms with Crippen molar-refractivity contribution in [1.29, 1.82) is 0 Å². The van der Waals surface area contributed by atoms with Crippen LogP contribution in [0.15, 0.2) is 18.2 Å². The Morgan fingerprint density at radius 1 is 1.28 bits per heavy atom. The standard InChI is InChI=1S/C14H22N2O2/c1-11-4-5-13(10-12(11)2)14(17)16-7-3-8-18-9-6-15/h4-5,10H,3,6-9,15H2,1-2H3,(H,16,17). The van der Waals surface area contributed by atoms with Crippen LogP contribution in [0.25, 0.3) is 0 Å². The van der Waals surface area contributed by atoms with Crippen molar-refractivity contribution >= 4 is 5.91 Å². The SMILES string of the molecule is Cc1ccc(C(=O)NCCCOCCN)cc1C. The molecule has 0 fully saturated rings. The monoisotopic (exact) mass is 250 g/mol. The van der Waals surface area contributed by atoms with Crippen molar-refractivity contribution in [3.8, 4) is 0 Å². The molecular formula is C14H22N2O2. The number of nitrogens with one attached hydrogen (secondary N) is 1. The smallest absolute Gasteiger partial charge is 0.251 e. The maximum absolute atomic E-state index is 11.8. The number of ether oxygens (including phenoxy) is 1. The summed E-state index contributed by atoms with van der Waals surface area (Å²) in [6.45, 7) is 6.40. The predicted molar refractivity (Wildman–Crippen MR) is 72.7 cm³/mol. The van der Waals surface area contributed by atoms with E-state index >= 15 is 0 Å². The fourth-order valence-corrected chi connectivity index (χ4v) is 1.55. The maximum Gasteiger partial charge on any atom is 0.251 e. The molecular weight excluding hydrogens is 228 g/mol. The topological polar surface area (TPSA) is 64.3 Å². The number of benzene rings is 1. The lowest BCUT2D eigenvalue weighted by atomic mass is 10.1. The molecule has 0 aromatic heterocycles. The molecule has 0 aliphatic rings. The molecule has 0 aliphatic heterocycles. The Bertz CT molecular complexity index is 391. The van der Waals surface area contributed by atoms with Gasteiger partial charge in [-0.2, -0.15) is 0 Å². The first kappa shape index (κ1) is 14.7. The Kier molecular flexibility index (Phi) is 6.39. The number of carbonyl (C=O) groups excluding carboxylic acids is 1. The molecule has 0 bridgehead atoms. The van der Waals surface area contributed by atoms with Crippen molar-refractivity contribution in [2.24, 2.45) is 5.73 Å². The van der Waals surface area contributed by atoms with Gasteiger partial charge in [-0.1, -0.05) is 6.07 Å². The summed E-state index contributed by atoms with van der Waals surface area (Å²) in [7, 11) is 0. The van der Waals surface area contributed by atoms with Gasteiger partial charge in [0.15, 0.2) is 0 Å². The highest BCUT2D eigenvalue weighted by Gasteiger charge is 2.05. The van der Waals surface area contributed by atoms with Crippen LogP contribution in [-0.4, -0.2) is 32.2 Å². The molecule has 1 amide bonds. The van der Waals surface area contributed by atoms with Gasteiger partial charge >= 0.3 is 0 Å². The molecule has 100 valence electrons. The van der Waals surface area contributed by atoms with Gasteiger partial charge in [0.05, 0.1) is 6.61 Å². The molecule has 0 radical (unpaired) electrons. The van der Waals surface area contributed by atoms with Gasteiger partial charge in [-0.05, 0) is 43.5 Å². The Morgan fingerprint density at radius 3 is 2.72 bits per heavy atom. The molecule has 0 spiro atoms. The van der Waals surface area contributed by atoms with Crippen LogP contribution in [0.5, 0.6) is 0 Å². The summed E-state index contributed by atoms with van der Waals surface area (Å²) in [6.07, 6.45) is 0.802. The van der Waals surface area contributed by atoms with Crippen molar-refractivity contribution in [1.82, 2.24) is 5.32 Å². The highest BCUT2D eigenvalue weighted by molar-refractivity contribution is 5.94. The third-order valence-electron chi connectivity index (χ3n) is 2.78. The average Bonchev–Trinajstić information content (AvgIpc) is 2.36. The molecule has 4 nitrogen and oxygen atoms in total. The molecule has 0 aliphatic carbocycles. The van der Waals surface area contributed by atoms with Gasteiger partial charge in [-0.15, -0.1) is 0 Å². The maximum atomic E-state index is 11.8. The normalized spacial score (nSPS) is 10.4. The minimum atomic E-state index is -0.0306. The Hall–Kier alpha value is -1.39. The van der Waals surface area contributed by atoms with E-state index in [9.17, 15) is 4.79 Å². The van der Waals surface area contributed by atoms with Gasteiger partial charge in [0, 0.05) is 25.3 Å². The number of nitrogens with two attached hydrogens (primary N) is 1. The van der Waals surface area contributed by atoms with E-state index in [0.29, 0.717) is 31.9 Å². The molecule has 0 atom stereocenters. The molecule has 18 heavy (non-hydrogen) atoms. The van der Waals surface area contributed by atoms with E-state index in [2.05, 4.69) is 5.32 Å². The highest BCUT2D eigenvalue weighted by atomic mass is 16.5. The van der Waals surface area contributed by atoms with Crippen LogP contribution in [0, 0.1) is 13.8 Å². The first-order valence-electron chi connectivity index (χ1n) is 6.28. The number of aryl methyl sites for hydroxylation is 2. The van der Waals surface area contributed by atoms with Crippen LogP contribution >= 0.6 is 0 Å². The largest absolute Gasteiger partial charge is 0.380 e. The zero-order valence-electron chi connectivity index (χ0n) is 11.2. The van der Waals surface area contributed by atoms with E-state index in [1.54, 1.807) is 0 Å². The fourth-order valence-electron chi connectivity index (χ4n) is 1.55. The minimum absolute atomic E-state index is 0.0306. The second-order valence-corrected chi connectivity index (χ2v) is 4.31. The van der Waals surface area contributed by atoms with Gasteiger partial charge in [-0.3, -0.25) is 4.79 Å². The summed E-state index contributed by atoms with van der Waals surface area (Å²) < 4.78 is 5.23. The molecule has 3 N–H and O–H groups in total. The van der Waals surface area contributed by atoms with Crippen molar-refractivity contribution in [3.63, 3.8) is 0 Å². The fraction of sp³-hybridized carbons (Fsp3) is 0.500. The van der Waals surface area contributed by atoms with Crippen LogP contribution in [0.4, 0.5) is 0 Å².